The predicted molar refractivity (Wildman–Crippen MR) is 99.8 cm³/mol. The van der Waals surface area contributed by atoms with E-state index in [1.165, 1.54) is 13.1 Å². The van der Waals surface area contributed by atoms with E-state index >= 15 is 0 Å². The van der Waals surface area contributed by atoms with E-state index in [0.717, 1.165) is 11.1 Å². The minimum Gasteiger partial charge on any atom is -0.326 e. The Hall–Kier alpha value is -3.74. The van der Waals surface area contributed by atoms with Crippen molar-refractivity contribution < 1.29 is 9.59 Å². The molecule has 2 aromatic carbocycles. The molecule has 3 rings (SSSR count). The molecule has 0 atom stereocenters. The average molecular weight is 347 g/mol. The van der Waals surface area contributed by atoms with E-state index in [2.05, 4.69) is 26.0 Å². The summed E-state index contributed by atoms with van der Waals surface area (Å²) in [5.41, 5.74) is 5.86. The lowest BCUT2D eigenvalue weighted by Gasteiger charge is -2.01. The van der Waals surface area contributed by atoms with Crippen LogP contribution in [0.2, 0.25) is 0 Å². The van der Waals surface area contributed by atoms with E-state index in [4.69, 9.17) is 0 Å². The number of aromatic nitrogens is 2. The van der Waals surface area contributed by atoms with E-state index in [-0.39, 0.29) is 11.8 Å². The summed E-state index contributed by atoms with van der Waals surface area (Å²) in [5.74, 6) is -0.515. The van der Waals surface area contributed by atoms with Gasteiger partial charge in [0.05, 0.1) is 11.9 Å². The fourth-order valence-corrected chi connectivity index (χ4v) is 2.28. The van der Waals surface area contributed by atoms with E-state index in [1.54, 1.807) is 30.3 Å². The van der Waals surface area contributed by atoms with Crippen LogP contribution in [0, 0.1) is 0 Å². The zero-order valence-corrected chi connectivity index (χ0v) is 14.1. The molecule has 0 aliphatic carbocycles. The molecule has 1 aromatic heterocycles. The molecule has 3 N–H and O–H groups in total. The summed E-state index contributed by atoms with van der Waals surface area (Å²) in [7, 11) is 0. The second kappa shape index (κ2) is 7.89. The summed E-state index contributed by atoms with van der Waals surface area (Å²) in [6.45, 7) is 1.45. The zero-order chi connectivity index (χ0) is 18.4. The van der Waals surface area contributed by atoms with Gasteiger partial charge in [0.25, 0.3) is 5.91 Å². The lowest BCUT2D eigenvalue weighted by atomic mass is 10.1. The Morgan fingerprint density at radius 1 is 1.08 bits per heavy atom. The predicted octanol–water partition coefficient (Wildman–Crippen LogP) is 2.80. The fourth-order valence-electron chi connectivity index (χ4n) is 2.28. The quantitative estimate of drug-likeness (QED) is 0.489. The Morgan fingerprint density at radius 2 is 1.81 bits per heavy atom. The third-order valence-corrected chi connectivity index (χ3v) is 3.50. The van der Waals surface area contributed by atoms with Gasteiger partial charge in [-0.1, -0.05) is 42.5 Å². The molecule has 0 radical (unpaired) electrons. The average Bonchev–Trinajstić information content (AvgIpc) is 3.14. The third-order valence-electron chi connectivity index (χ3n) is 3.50. The first kappa shape index (κ1) is 17.1. The highest BCUT2D eigenvalue weighted by atomic mass is 16.2. The van der Waals surface area contributed by atoms with Crippen molar-refractivity contribution in [2.24, 2.45) is 5.10 Å². The van der Waals surface area contributed by atoms with E-state index in [0.29, 0.717) is 17.1 Å². The molecule has 1 heterocycles. The number of anilines is 1. The monoisotopic (exact) mass is 347 g/mol. The van der Waals surface area contributed by atoms with E-state index in [1.807, 2.05) is 30.3 Å². The number of carbonyl (C=O) groups is 2. The SMILES string of the molecule is CC(=O)Nc1ccc(/C=N\NC(=O)c2cc(-c3ccccc3)n[nH]2)cc1. The summed E-state index contributed by atoms with van der Waals surface area (Å²) in [6, 6.07) is 18.3. The number of amides is 2. The summed E-state index contributed by atoms with van der Waals surface area (Å²) in [6.07, 6.45) is 1.52. The van der Waals surface area contributed by atoms with Crippen LogP contribution < -0.4 is 10.7 Å². The number of aromatic amines is 1. The van der Waals surface area contributed by atoms with Crippen molar-refractivity contribution in [3.63, 3.8) is 0 Å². The number of hydrogen-bond acceptors (Lipinski definition) is 4. The van der Waals surface area contributed by atoms with Crippen LogP contribution in [-0.4, -0.2) is 28.2 Å². The van der Waals surface area contributed by atoms with Crippen molar-refractivity contribution >= 4 is 23.7 Å². The molecule has 7 heteroatoms. The molecule has 0 aliphatic heterocycles. The molecule has 26 heavy (non-hydrogen) atoms. The molecule has 0 bridgehead atoms. The maximum absolute atomic E-state index is 12.1. The summed E-state index contributed by atoms with van der Waals surface area (Å²) >= 11 is 0. The molecule has 130 valence electrons. The lowest BCUT2D eigenvalue weighted by Crippen LogP contribution is -2.18. The molecule has 0 fully saturated rings. The fraction of sp³-hybridized carbons (Fsp3) is 0.0526. The largest absolute Gasteiger partial charge is 0.326 e. The van der Waals surface area contributed by atoms with Gasteiger partial charge in [0.1, 0.15) is 5.69 Å². The van der Waals surface area contributed by atoms with Gasteiger partial charge in [-0.25, -0.2) is 5.43 Å². The van der Waals surface area contributed by atoms with Crippen molar-refractivity contribution in [1.82, 2.24) is 15.6 Å². The van der Waals surface area contributed by atoms with Gasteiger partial charge in [0.2, 0.25) is 5.91 Å². The Balaban J connectivity index is 1.59. The minimum atomic E-state index is -0.384. The van der Waals surface area contributed by atoms with Gasteiger partial charge in [-0.3, -0.25) is 14.7 Å². The van der Waals surface area contributed by atoms with Crippen LogP contribution >= 0.6 is 0 Å². The smallest absolute Gasteiger partial charge is 0.289 e. The van der Waals surface area contributed by atoms with Crippen molar-refractivity contribution in [2.45, 2.75) is 6.92 Å². The Kier molecular flexibility index (Phi) is 5.19. The number of benzene rings is 2. The van der Waals surface area contributed by atoms with Gasteiger partial charge in [0, 0.05) is 18.2 Å². The number of rotatable bonds is 5. The van der Waals surface area contributed by atoms with Crippen molar-refractivity contribution in [3.05, 3.63) is 71.9 Å². The van der Waals surface area contributed by atoms with Crippen LogP contribution in [0.4, 0.5) is 5.69 Å². The van der Waals surface area contributed by atoms with Crippen LogP contribution in [0.1, 0.15) is 23.0 Å². The lowest BCUT2D eigenvalue weighted by molar-refractivity contribution is -0.114. The molecule has 0 saturated carbocycles. The number of nitrogens with one attached hydrogen (secondary N) is 3. The van der Waals surface area contributed by atoms with Gasteiger partial charge in [0.15, 0.2) is 0 Å². The van der Waals surface area contributed by atoms with Crippen molar-refractivity contribution in [2.75, 3.05) is 5.32 Å². The molecule has 0 unspecified atom stereocenters. The van der Waals surface area contributed by atoms with Crippen LogP contribution in [0.3, 0.4) is 0 Å². The highest BCUT2D eigenvalue weighted by Gasteiger charge is 2.09. The normalized spacial score (nSPS) is 10.7. The first-order valence-electron chi connectivity index (χ1n) is 7.94. The second-order valence-electron chi connectivity index (χ2n) is 5.54. The minimum absolute atomic E-state index is 0.131. The van der Waals surface area contributed by atoms with Gasteiger partial charge in [-0.15, -0.1) is 0 Å². The van der Waals surface area contributed by atoms with Crippen molar-refractivity contribution in [1.29, 1.82) is 0 Å². The maximum atomic E-state index is 12.1. The second-order valence-corrected chi connectivity index (χ2v) is 5.54. The van der Waals surface area contributed by atoms with Gasteiger partial charge in [-0.05, 0) is 23.8 Å². The van der Waals surface area contributed by atoms with Crippen LogP contribution in [-0.2, 0) is 4.79 Å². The molecule has 0 spiro atoms. The molecule has 2 amide bonds. The zero-order valence-electron chi connectivity index (χ0n) is 14.1. The number of hydrazone groups is 1. The molecule has 3 aromatic rings. The summed E-state index contributed by atoms with van der Waals surface area (Å²) in [4.78, 5) is 23.1. The molecule has 7 nitrogen and oxygen atoms in total. The summed E-state index contributed by atoms with van der Waals surface area (Å²) < 4.78 is 0. The van der Waals surface area contributed by atoms with Crippen molar-refractivity contribution in [3.8, 4) is 11.3 Å². The maximum Gasteiger partial charge on any atom is 0.289 e. The van der Waals surface area contributed by atoms with Gasteiger partial charge < -0.3 is 5.32 Å². The van der Waals surface area contributed by atoms with Gasteiger partial charge in [-0.2, -0.15) is 10.2 Å². The van der Waals surface area contributed by atoms with E-state index in [9.17, 15) is 9.59 Å². The molecule has 0 saturated heterocycles. The highest BCUT2D eigenvalue weighted by molar-refractivity contribution is 5.94. The van der Waals surface area contributed by atoms with Crippen LogP contribution in [0.15, 0.2) is 65.8 Å². The Labute approximate surface area is 150 Å². The van der Waals surface area contributed by atoms with E-state index < -0.39 is 0 Å². The molecular formula is C19H17N5O2. The summed E-state index contributed by atoms with van der Waals surface area (Å²) in [5, 5.41) is 13.4. The topological polar surface area (TPSA) is 99.2 Å². The van der Waals surface area contributed by atoms with Gasteiger partial charge >= 0.3 is 0 Å². The van der Waals surface area contributed by atoms with Crippen LogP contribution in [0.25, 0.3) is 11.3 Å². The Morgan fingerprint density at radius 3 is 2.50 bits per heavy atom. The highest BCUT2D eigenvalue weighted by Crippen LogP contribution is 2.16. The third kappa shape index (κ3) is 4.41. The standard InChI is InChI=1S/C19H17N5O2/c1-13(25)21-16-9-7-14(8-10-16)12-20-24-19(26)18-11-17(22-23-18)15-5-3-2-4-6-15/h2-12H,1H3,(H,21,25)(H,22,23)(H,24,26)/b20-12-. The first-order chi connectivity index (χ1) is 12.6. The Bertz CT molecular complexity index is 930. The first-order valence-corrected chi connectivity index (χ1v) is 7.94. The molecule has 0 aliphatic rings. The molecular weight excluding hydrogens is 330 g/mol. The number of nitrogens with zero attached hydrogens (tertiary/aromatic N) is 2. The number of H-pyrrole nitrogens is 1. The van der Waals surface area contributed by atoms with Crippen LogP contribution in [0.5, 0.6) is 0 Å². The number of carbonyl (C=O) groups excluding carboxylic acids is 2. The number of hydrogen-bond donors (Lipinski definition) is 3.